The topological polar surface area (TPSA) is 46.2 Å². The number of nitrogens with one attached hydrogen (secondary N) is 1. The average Bonchev–Trinajstić information content (AvgIpc) is 2.36. The van der Waals surface area contributed by atoms with Crippen LogP contribution < -0.4 is 4.72 Å². The van der Waals surface area contributed by atoms with Gasteiger partial charge in [-0.15, -0.1) is 11.6 Å². The zero-order valence-corrected chi connectivity index (χ0v) is 10.6. The van der Waals surface area contributed by atoms with E-state index in [-0.39, 0.29) is 17.3 Å². The van der Waals surface area contributed by atoms with Gasteiger partial charge < -0.3 is 0 Å². The third-order valence-electron chi connectivity index (χ3n) is 2.42. The molecule has 0 amide bonds. The highest BCUT2D eigenvalue weighted by atomic mass is 35.5. The Labute approximate surface area is 105 Å². The zero-order chi connectivity index (χ0) is 12.3. The van der Waals surface area contributed by atoms with Gasteiger partial charge in [0.05, 0.1) is 4.90 Å². The maximum Gasteiger partial charge on any atom is 0.240 e. The Hall–Kier alpha value is -1.10. The molecule has 17 heavy (non-hydrogen) atoms. The van der Waals surface area contributed by atoms with E-state index in [0.29, 0.717) is 0 Å². The van der Waals surface area contributed by atoms with Crippen molar-refractivity contribution in [3.8, 4) is 0 Å². The van der Waals surface area contributed by atoms with E-state index in [1.165, 1.54) is 0 Å². The summed E-state index contributed by atoms with van der Waals surface area (Å²) in [5, 5.41) is 1.92. The summed E-state index contributed by atoms with van der Waals surface area (Å²) in [5.41, 5.74) is 0. The number of sulfonamides is 1. The highest BCUT2D eigenvalue weighted by Crippen LogP contribution is 2.18. The number of hydrogen-bond donors (Lipinski definition) is 1. The lowest BCUT2D eigenvalue weighted by Crippen LogP contribution is -2.25. The number of alkyl halides is 1. The molecule has 5 heteroatoms. The van der Waals surface area contributed by atoms with Gasteiger partial charge in [-0.25, -0.2) is 13.1 Å². The van der Waals surface area contributed by atoms with Gasteiger partial charge in [-0.1, -0.05) is 30.3 Å². The van der Waals surface area contributed by atoms with Gasteiger partial charge in [-0.2, -0.15) is 0 Å². The zero-order valence-electron chi connectivity index (χ0n) is 9.06. The predicted molar refractivity (Wildman–Crippen MR) is 69.9 cm³/mol. The largest absolute Gasteiger partial charge is 0.240 e. The van der Waals surface area contributed by atoms with Gasteiger partial charge in [0.25, 0.3) is 0 Å². The fraction of sp³-hybridized carbons (Fsp3) is 0.167. The number of fused-ring (bicyclic) bond motifs is 1. The van der Waals surface area contributed by atoms with Crippen molar-refractivity contribution in [3.05, 3.63) is 42.5 Å². The van der Waals surface area contributed by atoms with Crippen molar-refractivity contribution in [2.45, 2.75) is 4.90 Å². The third-order valence-corrected chi connectivity index (χ3v) is 4.07. The van der Waals surface area contributed by atoms with E-state index in [0.717, 1.165) is 10.8 Å². The smallest absolute Gasteiger partial charge is 0.210 e. The van der Waals surface area contributed by atoms with E-state index in [2.05, 4.69) is 4.72 Å². The quantitative estimate of drug-likeness (QED) is 0.866. The molecule has 2 aromatic rings. The maximum atomic E-state index is 11.9. The van der Waals surface area contributed by atoms with Gasteiger partial charge in [0.15, 0.2) is 0 Å². The van der Waals surface area contributed by atoms with Crippen LogP contribution in [0.3, 0.4) is 0 Å². The van der Waals surface area contributed by atoms with Gasteiger partial charge in [-0.3, -0.25) is 0 Å². The molecule has 90 valence electrons. The fourth-order valence-electron chi connectivity index (χ4n) is 1.59. The lowest BCUT2D eigenvalue weighted by molar-refractivity contribution is 0.584. The number of hydrogen-bond acceptors (Lipinski definition) is 2. The first kappa shape index (κ1) is 12.4. The van der Waals surface area contributed by atoms with Gasteiger partial charge in [0, 0.05) is 12.4 Å². The van der Waals surface area contributed by atoms with Crippen LogP contribution in [-0.2, 0) is 10.0 Å². The first-order chi connectivity index (χ1) is 8.13. The number of halogens is 1. The highest BCUT2D eigenvalue weighted by molar-refractivity contribution is 7.89. The molecule has 0 bridgehead atoms. The Morgan fingerprint density at radius 3 is 2.47 bits per heavy atom. The van der Waals surface area contributed by atoms with Crippen molar-refractivity contribution in [2.24, 2.45) is 0 Å². The van der Waals surface area contributed by atoms with Crippen LogP contribution in [0.2, 0.25) is 0 Å². The SMILES string of the molecule is O=S(=O)(NCCCl)c1ccc2ccccc2c1. The Kier molecular flexibility index (Phi) is 3.66. The van der Waals surface area contributed by atoms with Crippen molar-refractivity contribution >= 4 is 32.4 Å². The molecular formula is C12H12ClNO2S. The second-order valence-electron chi connectivity index (χ2n) is 3.60. The minimum atomic E-state index is -3.45. The van der Waals surface area contributed by atoms with E-state index in [1.54, 1.807) is 18.2 Å². The minimum Gasteiger partial charge on any atom is -0.210 e. The summed E-state index contributed by atoms with van der Waals surface area (Å²) in [7, 11) is -3.45. The molecule has 0 heterocycles. The van der Waals surface area contributed by atoms with Gasteiger partial charge >= 0.3 is 0 Å². The molecule has 0 saturated heterocycles. The third kappa shape index (κ3) is 2.77. The summed E-state index contributed by atoms with van der Waals surface area (Å²) in [6, 6.07) is 12.7. The van der Waals surface area contributed by atoms with Crippen LogP contribution in [0.1, 0.15) is 0 Å². The monoisotopic (exact) mass is 269 g/mol. The molecule has 2 aromatic carbocycles. The van der Waals surface area contributed by atoms with Gasteiger partial charge in [0.1, 0.15) is 0 Å². The second-order valence-corrected chi connectivity index (χ2v) is 5.74. The lowest BCUT2D eigenvalue weighted by Gasteiger charge is -2.06. The van der Waals surface area contributed by atoms with Crippen LogP contribution in [0.15, 0.2) is 47.4 Å². The maximum absolute atomic E-state index is 11.9. The summed E-state index contributed by atoms with van der Waals surface area (Å²) in [6.07, 6.45) is 0. The summed E-state index contributed by atoms with van der Waals surface area (Å²) in [4.78, 5) is 0.265. The molecule has 0 spiro atoms. The first-order valence-electron chi connectivity index (χ1n) is 5.18. The Morgan fingerprint density at radius 1 is 1.06 bits per heavy atom. The van der Waals surface area contributed by atoms with Crippen molar-refractivity contribution < 1.29 is 8.42 Å². The van der Waals surface area contributed by atoms with Crippen LogP contribution in [0.4, 0.5) is 0 Å². The van der Waals surface area contributed by atoms with Crippen molar-refractivity contribution in [1.29, 1.82) is 0 Å². The standard InChI is InChI=1S/C12H12ClNO2S/c13-7-8-14-17(15,16)12-6-5-10-3-1-2-4-11(10)9-12/h1-6,9,14H,7-8H2. The van der Waals surface area contributed by atoms with Crippen LogP contribution in [0.5, 0.6) is 0 Å². The van der Waals surface area contributed by atoms with Crippen molar-refractivity contribution in [1.82, 2.24) is 4.72 Å². The van der Waals surface area contributed by atoms with Crippen molar-refractivity contribution in [3.63, 3.8) is 0 Å². The molecule has 3 nitrogen and oxygen atoms in total. The Bertz CT molecular complexity index is 625. The molecule has 0 aromatic heterocycles. The van der Waals surface area contributed by atoms with Gasteiger partial charge in [0.2, 0.25) is 10.0 Å². The molecular weight excluding hydrogens is 258 g/mol. The van der Waals surface area contributed by atoms with E-state index >= 15 is 0 Å². The Balaban J connectivity index is 2.42. The molecule has 0 aliphatic rings. The van der Waals surface area contributed by atoms with Crippen molar-refractivity contribution in [2.75, 3.05) is 12.4 Å². The predicted octanol–water partition coefficient (Wildman–Crippen LogP) is 2.36. The average molecular weight is 270 g/mol. The molecule has 2 rings (SSSR count). The van der Waals surface area contributed by atoms with E-state index in [4.69, 9.17) is 11.6 Å². The van der Waals surface area contributed by atoms with E-state index in [9.17, 15) is 8.42 Å². The van der Waals surface area contributed by atoms with E-state index in [1.807, 2.05) is 24.3 Å². The molecule has 0 fully saturated rings. The molecule has 0 radical (unpaired) electrons. The van der Waals surface area contributed by atoms with Crippen LogP contribution in [-0.4, -0.2) is 20.8 Å². The molecule has 0 saturated carbocycles. The lowest BCUT2D eigenvalue weighted by atomic mass is 10.1. The summed E-state index contributed by atoms with van der Waals surface area (Å²) < 4.78 is 26.2. The molecule has 1 N–H and O–H groups in total. The Morgan fingerprint density at radius 2 is 1.76 bits per heavy atom. The molecule has 0 atom stereocenters. The summed E-state index contributed by atoms with van der Waals surface area (Å²) in [5.74, 6) is 0.257. The molecule has 0 aliphatic carbocycles. The second kappa shape index (κ2) is 5.04. The van der Waals surface area contributed by atoms with Crippen LogP contribution in [0, 0.1) is 0 Å². The summed E-state index contributed by atoms with van der Waals surface area (Å²) >= 11 is 5.46. The normalized spacial score (nSPS) is 11.8. The number of benzene rings is 2. The van der Waals surface area contributed by atoms with Crippen LogP contribution >= 0.6 is 11.6 Å². The highest BCUT2D eigenvalue weighted by Gasteiger charge is 2.12. The fourth-order valence-corrected chi connectivity index (χ4v) is 2.86. The van der Waals surface area contributed by atoms with E-state index < -0.39 is 10.0 Å². The van der Waals surface area contributed by atoms with Crippen LogP contribution in [0.25, 0.3) is 10.8 Å². The molecule has 0 aliphatic heterocycles. The van der Waals surface area contributed by atoms with Gasteiger partial charge in [-0.05, 0) is 22.9 Å². The first-order valence-corrected chi connectivity index (χ1v) is 7.20. The summed E-state index contributed by atoms with van der Waals surface area (Å²) in [6.45, 7) is 0.233. The molecule has 0 unspecified atom stereocenters. The number of rotatable bonds is 4. The minimum absolute atomic E-state index is 0.233.